The molecule has 0 spiro atoms. The molecule has 2 aromatic rings. The molecule has 0 aliphatic heterocycles. The van der Waals surface area contributed by atoms with E-state index in [4.69, 9.17) is 0 Å². The summed E-state index contributed by atoms with van der Waals surface area (Å²) in [5.41, 5.74) is 0.962. The van der Waals surface area contributed by atoms with Crippen LogP contribution in [0.5, 0.6) is 0 Å². The molecule has 1 aliphatic carbocycles. The van der Waals surface area contributed by atoms with Crippen molar-refractivity contribution < 1.29 is 14.7 Å². The van der Waals surface area contributed by atoms with Crippen molar-refractivity contribution in [2.24, 2.45) is 5.92 Å². The molecule has 0 radical (unpaired) electrons. The Kier molecular flexibility index (Phi) is 3.92. The van der Waals surface area contributed by atoms with Crippen LogP contribution in [0.15, 0.2) is 29.6 Å². The molecule has 2 N–H and O–H groups in total. The van der Waals surface area contributed by atoms with Crippen LogP contribution in [0.3, 0.4) is 0 Å². The van der Waals surface area contributed by atoms with E-state index in [2.05, 4.69) is 5.32 Å². The summed E-state index contributed by atoms with van der Waals surface area (Å²) in [6, 6.07) is 7.18. The van der Waals surface area contributed by atoms with Crippen molar-refractivity contribution in [1.29, 1.82) is 0 Å². The number of rotatable bonds is 6. The highest BCUT2D eigenvalue weighted by atomic mass is 32.1. The molecule has 0 saturated heterocycles. The van der Waals surface area contributed by atoms with Crippen LogP contribution in [-0.4, -0.2) is 23.0 Å². The number of hydrogen-bond acceptors (Lipinski definition) is 3. The van der Waals surface area contributed by atoms with Crippen molar-refractivity contribution in [3.05, 3.63) is 35.2 Å². The summed E-state index contributed by atoms with van der Waals surface area (Å²) in [7, 11) is 0. The number of amides is 1. The fourth-order valence-corrected chi connectivity index (χ4v) is 3.46. The van der Waals surface area contributed by atoms with Crippen LogP contribution in [0.2, 0.25) is 0 Å². The highest BCUT2D eigenvalue weighted by Gasteiger charge is 2.30. The van der Waals surface area contributed by atoms with Crippen molar-refractivity contribution >= 4 is 33.3 Å². The summed E-state index contributed by atoms with van der Waals surface area (Å²) in [5, 5.41) is 14.9. The Hall–Kier alpha value is -1.88. The van der Waals surface area contributed by atoms with Crippen LogP contribution >= 0.6 is 11.3 Å². The third-order valence-electron chi connectivity index (χ3n) is 3.81. The third-order valence-corrected chi connectivity index (χ3v) is 4.82. The largest absolute Gasteiger partial charge is 0.480 e. The second-order valence-electron chi connectivity index (χ2n) is 5.57. The molecule has 1 unspecified atom stereocenters. The first kappa shape index (κ1) is 14.1. The second-order valence-corrected chi connectivity index (χ2v) is 6.48. The van der Waals surface area contributed by atoms with Gasteiger partial charge in [-0.2, -0.15) is 0 Å². The Balaban J connectivity index is 1.66. The zero-order valence-electron chi connectivity index (χ0n) is 11.5. The Morgan fingerprint density at radius 2 is 2.10 bits per heavy atom. The first-order valence-corrected chi connectivity index (χ1v) is 7.98. The number of thiophene rings is 1. The highest BCUT2D eigenvalue weighted by Crippen LogP contribution is 2.33. The smallest absolute Gasteiger partial charge is 0.326 e. The summed E-state index contributed by atoms with van der Waals surface area (Å²) in [6.45, 7) is 0. The average Bonchev–Trinajstić information content (AvgIpc) is 3.19. The molecular formula is C16H17NO3S. The molecule has 1 aromatic heterocycles. The highest BCUT2D eigenvalue weighted by molar-refractivity contribution is 7.17. The van der Waals surface area contributed by atoms with Crippen molar-refractivity contribution in [3.63, 3.8) is 0 Å². The van der Waals surface area contributed by atoms with Gasteiger partial charge in [-0.15, -0.1) is 11.3 Å². The number of hydrogen-bond donors (Lipinski definition) is 2. The summed E-state index contributed by atoms with van der Waals surface area (Å²) >= 11 is 1.61. The van der Waals surface area contributed by atoms with Gasteiger partial charge in [0, 0.05) is 4.70 Å². The zero-order valence-corrected chi connectivity index (χ0v) is 12.4. The van der Waals surface area contributed by atoms with Gasteiger partial charge in [0.25, 0.3) is 0 Å². The van der Waals surface area contributed by atoms with Gasteiger partial charge in [-0.05, 0) is 34.7 Å². The van der Waals surface area contributed by atoms with E-state index in [9.17, 15) is 14.7 Å². The van der Waals surface area contributed by atoms with Crippen molar-refractivity contribution in [1.82, 2.24) is 5.32 Å². The molecule has 4 nitrogen and oxygen atoms in total. The lowest BCUT2D eigenvalue weighted by atomic mass is 10.1. The van der Waals surface area contributed by atoms with Crippen LogP contribution in [-0.2, 0) is 16.0 Å². The molecule has 1 heterocycles. The van der Waals surface area contributed by atoms with Gasteiger partial charge in [-0.3, -0.25) is 4.79 Å². The van der Waals surface area contributed by atoms with E-state index in [0.717, 1.165) is 28.5 Å². The minimum absolute atomic E-state index is 0.216. The van der Waals surface area contributed by atoms with Crippen LogP contribution < -0.4 is 5.32 Å². The summed E-state index contributed by atoms with van der Waals surface area (Å²) < 4.78 is 1.15. The van der Waals surface area contributed by atoms with Crippen molar-refractivity contribution in [3.8, 4) is 0 Å². The normalized spacial score (nSPS) is 15.8. The molecule has 1 fully saturated rings. The zero-order chi connectivity index (χ0) is 14.8. The number of carboxylic acids is 1. The lowest BCUT2D eigenvalue weighted by Crippen LogP contribution is -2.41. The maximum absolute atomic E-state index is 12.1. The van der Waals surface area contributed by atoms with Gasteiger partial charge in [-0.1, -0.05) is 31.0 Å². The molecule has 3 rings (SSSR count). The van der Waals surface area contributed by atoms with E-state index in [1.807, 2.05) is 29.6 Å². The van der Waals surface area contributed by atoms with Crippen LogP contribution in [0, 0.1) is 5.92 Å². The number of nitrogens with one attached hydrogen (secondary N) is 1. The monoisotopic (exact) mass is 303 g/mol. The van der Waals surface area contributed by atoms with E-state index in [1.165, 1.54) is 0 Å². The lowest BCUT2D eigenvalue weighted by Gasteiger charge is -2.13. The molecule has 1 aromatic carbocycles. The topological polar surface area (TPSA) is 66.4 Å². The number of benzene rings is 1. The maximum Gasteiger partial charge on any atom is 0.326 e. The van der Waals surface area contributed by atoms with Gasteiger partial charge in [0.15, 0.2) is 0 Å². The molecule has 1 aliphatic rings. The summed E-state index contributed by atoms with van der Waals surface area (Å²) in [5.74, 6) is -0.689. The minimum atomic E-state index is -0.939. The minimum Gasteiger partial charge on any atom is -0.480 e. The SMILES string of the molecule is O=C(Cc1csc2ccccc12)NC(CC1CC1)C(=O)O. The fourth-order valence-electron chi connectivity index (χ4n) is 2.50. The predicted molar refractivity (Wildman–Crippen MR) is 82.4 cm³/mol. The molecule has 21 heavy (non-hydrogen) atoms. The molecule has 5 heteroatoms. The second kappa shape index (κ2) is 5.85. The number of carboxylic acid groups (broad SMARTS) is 1. The number of carbonyl (C=O) groups excluding carboxylic acids is 1. The van der Waals surface area contributed by atoms with E-state index in [1.54, 1.807) is 11.3 Å². The number of carbonyl (C=O) groups is 2. The van der Waals surface area contributed by atoms with E-state index in [-0.39, 0.29) is 12.3 Å². The average molecular weight is 303 g/mol. The lowest BCUT2D eigenvalue weighted by molar-refractivity contribution is -0.142. The van der Waals surface area contributed by atoms with E-state index >= 15 is 0 Å². The van der Waals surface area contributed by atoms with E-state index in [0.29, 0.717) is 12.3 Å². The van der Waals surface area contributed by atoms with Gasteiger partial charge in [0.2, 0.25) is 5.91 Å². The van der Waals surface area contributed by atoms with Gasteiger partial charge < -0.3 is 10.4 Å². The van der Waals surface area contributed by atoms with Crippen LogP contribution in [0.1, 0.15) is 24.8 Å². The van der Waals surface area contributed by atoms with Crippen molar-refractivity contribution in [2.75, 3.05) is 0 Å². The Bertz CT molecular complexity index is 675. The summed E-state index contributed by atoms with van der Waals surface area (Å²) in [4.78, 5) is 23.3. The first-order chi connectivity index (χ1) is 10.1. The third kappa shape index (κ3) is 3.42. The Morgan fingerprint density at radius 1 is 1.33 bits per heavy atom. The Morgan fingerprint density at radius 3 is 2.81 bits per heavy atom. The first-order valence-electron chi connectivity index (χ1n) is 7.11. The molecular weight excluding hydrogens is 286 g/mol. The molecule has 1 saturated carbocycles. The molecule has 110 valence electrons. The van der Waals surface area contributed by atoms with E-state index < -0.39 is 12.0 Å². The predicted octanol–water partition coefficient (Wildman–Crippen LogP) is 2.81. The summed E-state index contributed by atoms with van der Waals surface area (Å²) in [6.07, 6.45) is 2.94. The molecule has 1 atom stereocenters. The van der Waals surface area contributed by atoms with Crippen LogP contribution in [0.25, 0.3) is 10.1 Å². The van der Waals surface area contributed by atoms with Crippen molar-refractivity contribution in [2.45, 2.75) is 31.7 Å². The Labute approximate surface area is 126 Å². The molecule has 1 amide bonds. The molecule has 0 bridgehead atoms. The van der Waals surface area contributed by atoms with Gasteiger partial charge in [-0.25, -0.2) is 4.79 Å². The fraction of sp³-hybridized carbons (Fsp3) is 0.375. The standard InChI is InChI=1S/C16H17NO3S/c18-15(17-13(16(19)20)7-10-5-6-10)8-11-9-21-14-4-2-1-3-12(11)14/h1-4,9-10,13H,5-8H2,(H,17,18)(H,19,20). The van der Waals surface area contributed by atoms with Gasteiger partial charge >= 0.3 is 5.97 Å². The number of fused-ring (bicyclic) bond motifs is 1. The number of aliphatic carboxylic acids is 1. The maximum atomic E-state index is 12.1. The van der Waals surface area contributed by atoms with Crippen LogP contribution in [0.4, 0.5) is 0 Å². The quantitative estimate of drug-likeness (QED) is 0.862. The van der Waals surface area contributed by atoms with Gasteiger partial charge in [0.1, 0.15) is 6.04 Å². The van der Waals surface area contributed by atoms with Gasteiger partial charge in [0.05, 0.1) is 6.42 Å².